The standard InChI is InChI=1S/C18H17F5O/c1-2-3-4-5-12-6-8-13(9-7-12)18(22,23)24-14-10-15(19)17(21)16(20)11-14/h6-11H,2-5H2,1H3. The second kappa shape index (κ2) is 7.64. The van der Waals surface area contributed by atoms with Crippen LogP contribution in [-0.2, 0) is 12.5 Å². The van der Waals surface area contributed by atoms with Crippen molar-refractivity contribution in [2.45, 2.75) is 38.7 Å². The van der Waals surface area contributed by atoms with Crippen LogP contribution in [0.4, 0.5) is 22.0 Å². The molecule has 0 heterocycles. The van der Waals surface area contributed by atoms with Crippen LogP contribution < -0.4 is 4.74 Å². The van der Waals surface area contributed by atoms with Crippen LogP contribution in [0.5, 0.6) is 5.75 Å². The fourth-order valence-corrected chi connectivity index (χ4v) is 2.24. The molecule has 0 amide bonds. The van der Waals surface area contributed by atoms with Gasteiger partial charge in [-0.25, -0.2) is 13.2 Å². The fourth-order valence-electron chi connectivity index (χ4n) is 2.24. The van der Waals surface area contributed by atoms with Gasteiger partial charge in [0.05, 0.1) is 5.56 Å². The maximum absolute atomic E-state index is 14.1. The monoisotopic (exact) mass is 344 g/mol. The molecule has 2 aromatic carbocycles. The van der Waals surface area contributed by atoms with Crippen LogP contribution in [0.1, 0.15) is 37.3 Å². The third-order valence-corrected chi connectivity index (χ3v) is 3.56. The van der Waals surface area contributed by atoms with E-state index in [0.717, 1.165) is 31.2 Å². The first-order valence-electron chi connectivity index (χ1n) is 7.64. The molecule has 0 unspecified atom stereocenters. The highest BCUT2D eigenvalue weighted by molar-refractivity contribution is 5.29. The van der Waals surface area contributed by atoms with E-state index in [1.165, 1.54) is 12.1 Å². The van der Waals surface area contributed by atoms with Gasteiger partial charge in [0.2, 0.25) is 0 Å². The Morgan fingerprint density at radius 1 is 0.917 bits per heavy atom. The molecule has 0 aromatic heterocycles. The SMILES string of the molecule is CCCCCc1ccc(C(F)(F)Oc2cc(F)c(F)c(F)c2)cc1. The molecule has 1 nitrogen and oxygen atoms in total. The molecule has 0 bridgehead atoms. The summed E-state index contributed by atoms with van der Waals surface area (Å²) in [5.74, 6) is -5.70. The van der Waals surface area contributed by atoms with Gasteiger partial charge in [0.25, 0.3) is 0 Å². The minimum absolute atomic E-state index is 0.380. The zero-order chi connectivity index (χ0) is 17.7. The van der Waals surface area contributed by atoms with Crippen molar-refractivity contribution in [1.82, 2.24) is 0 Å². The minimum atomic E-state index is -3.79. The first-order chi connectivity index (χ1) is 11.3. The summed E-state index contributed by atoms with van der Waals surface area (Å²) in [7, 11) is 0. The van der Waals surface area contributed by atoms with E-state index in [4.69, 9.17) is 0 Å². The van der Waals surface area contributed by atoms with Crippen LogP contribution >= 0.6 is 0 Å². The lowest BCUT2D eigenvalue weighted by Crippen LogP contribution is -2.22. The van der Waals surface area contributed by atoms with Crippen LogP contribution in [0.3, 0.4) is 0 Å². The number of ether oxygens (including phenoxy) is 1. The van der Waals surface area contributed by atoms with Crippen LogP contribution in [0.15, 0.2) is 36.4 Å². The van der Waals surface area contributed by atoms with Crippen LogP contribution in [-0.4, -0.2) is 0 Å². The average Bonchev–Trinajstić information content (AvgIpc) is 2.53. The first kappa shape index (κ1) is 18.2. The summed E-state index contributed by atoms with van der Waals surface area (Å²) in [6.07, 6.45) is 0.0853. The maximum Gasteiger partial charge on any atom is 0.426 e. The van der Waals surface area contributed by atoms with Crippen molar-refractivity contribution < 1.29 is 26.7 Å². The van der Waals surface area contributed by atoms with Gasteiger partial charge in [-0.1, -0.05) is 31.9 Å². The van der Waals surface area contributed by atoms with E-state index in [9.17, 15) is 22.0 Å². The van der Waals surface area contributed by atoms with Crippen LogP contribution in [0.25, 0.3) is 0 Å². The lowest BCUT2D eigenvalue weighted by Gasteiger charge is -2.18. The quantitative estimate of drug-likeness (QED) is 0.342. The predicted molar refractivity (Wildman–Crippen MR) is 80.5 cm³/mol. The van der Waals surface area contributed by atoms with Crippen LogP contribution in [0, 0.1) is 17.5 Å². The number of halogens is 5. The molecule has 0 saturated carbocycles. The van der Waals surface area contributed by atoms with E-state index >= 15 is 0 Å². The maximum atomic E-state index is 14.1. The van der Waals surface area contributed by atoms with Gasteiger partial charge in [0.1, 0.15) is 5.75 Å². The molecule has 0 aliphatic rings. The van der Waals surface area contributed by atoms with Gasteiger partial charge in [-0.3, -0.25) is 0 Å². The van der Waals surface area contributed by atoms with Gasteiger partial charge in [0.15, 0.2) is 17.5 Å². The highest BCUT2D eigenvalue weighted by Gasteiger charge is 2.35. The summed E-state index contributed by atoms with van der Waals surface area (Å²) in [5, 5.41) is 0. The van der Waals surface area contributed by atoms with E-state index < -0.39 is 34.9 Å². The van der Waals surface area contributed by atoms with Crippen molar-refractivity contribution in [3.8, 4) is 5.75 Å². The smallest absolute Gasteiger partial charge is 0.426 e. The number of hydrogen-bond acceptors (Lipinski definition) is 1. The Balaban J connectivity index is 2.12. The first-order valence-corrected chi connectivity index (χ1v) is 7.64. The molecule has 2 aromatic rings. The summed E-state index contributed by atoms with van der Waals surface area (Å²) >= 11 is 0. The molecular formula is C18H17F5O. The van der Waals surface area contributed by atoms with Gasteiger partial charge >= 0.3 is 6.11 Å². The normalized spacial score (nSPS) is 11.6. The number of benzene rings is 2. The van der Waals surface area contributed by atoms with E-state index in [-0.39, 0.29) is 0 Å². The summed E-state index contributed by atoms with van der Waals surface area (Å²) in [5.41, 5.74) is 0.466. The third-order valence-electron chi connectivity index (χ3n) is 3.56. The van der Waals surface area contributed by atoms with Gasteiger partial charge in [-0.05, 0) is 30.5 Å². The minimum Gasteiger partial charge on any atom is -0.429 e. The Bertz CT molecular complexity index is 659. The van der Waals surface area contributed by atoms with Crippen molar-refractivity contribution in [2.24, 2.45) is 0 Å². The summed E-state index contributed by atoms with van der Waals surface area (Å²) < 4.78 is 71.5. The molecule has 0 radical (unpaired) electrons. The molecule has 2 rings (SSSR count). The lowest BCUT2D eigenvalue weighted by molar-refractivity contribution is -0.185. The number of alkyl halides is 2. The van der Waals surface area contributed by atoms with Crippen molar-refractivity contribution in [3.63, 3.8) is 0 Å². The number of hydrogen-bond donors (Lipinski definition) is 0. The summed E-state index contributed by atoms with van der Waals surface area (Å²) in [6.45, 7) is 2.07. The summed E-state index contributed by atoms with van der Waals surface area (Å²) in [6, 6.07) is 6.30. The predicted octanol–water partition coefficient (Wildman–Crippen LogP) is 5.96. The van der Waals surface area contributed by atoms with Gasteiger partial charge in [-0.2, -0.15) is 8.78 Å². The van der Waals surface area contributed by atoms with Gasteiger partial charge in [-0.15, -0.1) is 0 Å². The number of rotatable bonds is 7. The average molecular weight is 344 g/mol. The topological polar surface area (TPSA) is 9.23 Å². The van der Waals surface area contributed by atoms with E-state index in [1.807, 2.05) is 0 Å². The largest absolute Gasteiger partial charge is 0.429 e. The van der Waals surface area contributed by atoms with Crippen molar-refractivity contribution in [2.75, 3.05) is 0 Å². The van der Waals surface area contributed by atoms with Gasteiger partial charge in [0, 0.05) is 12.1 Å². The molecule has 0 aliphatic heterocycles. The Morgan fingerprint density at radius 3 is 2.04 bits per heavy atom. The van der Waals surface area contributed by atoms with E-state index in [2.05, 4.69) is 11.7 Å². The third kappa shape index (κ3) is 4.46. The molecule has 0 atom stereocenters. The second-order valence-corrected chi connectivity index (χ2v) is 5.47. The highest BCUT2D eigenvalue weighted by Crippen LogP contribution is 2.33. The lowest BCUT2D eigenvalue weighted by atomic mass is 10.1. The van der Waals surface area contributed by atoms with Crippen molar-refractivity contribution in [1.29, 1.82) is 0 Å². The molecule has 0 aliphatic carbocycles. The summed E-state index contributed by atoms with van der Waals surface area (Å²) in [4.78, 5) is 0. The number of aryl methyl sites for hydroxylation is 1. The molecule has 0 saturated heterocycles. The molecule has 130 valence electrons. The van der Waals surface area contributed by atoms with Crippen molar-refractivity contribution >= 4 is 0 Å². The second-order valence-electron chi connectivity index (χ2n) is 5.47. The molecular weight excluding hydrogens is 327 g/mol. The van der Waals surface area contributed by atoms with E-state index in [0.29, 0.717) is 12.1 Å². The Kier molecular flexibility index (Phi) is 5.80. The molecule has 0 N–H and O–H groups in total. The highest BCUT2D eigenvalue weighted by atomic mass is 19.3. The van der Waals surface area contributed by atoms with Crippen LogP contribution in [0.2, 0.25) is 0 Å². The Hall–Kier alpha value is -2.11. The van der Waals surface area contributed by atoms with E-state index in [1.54, 1.807) is 12.1 Å². The molecule has 24 heavy (non-hydrogen) atoms. The Morgan fingerprint density at radius 2 is 1.50 bits per heavy atom. The zero-order valence-corrected chi connectivity index (χ0v) is 13.1. The Labute approximate surface area is 137 Å². The molecule has 0 spiro atoms. The van der Waals surface area contributed by atoms with Gasteiger partial charge < -0.3 is 4.74 Å². The zero-order valence-electron chi connectivity index (χ0n) is 13.1. The number of unbranched alkanes of at least 4 members (excludes halogenated alkanes) is 2. The van der Waals surface area contributed by atoms with Crippen molar-refractivity contribution in [3.05, 3.63) is 65.0 Å². The molecule has 6 heteroatoms. The molecule has 0 fully saturated rings. The fraction of sp³-hybridized carbons (Fsp3) is 0.333.